The Labute approximate surface area is 349 Å². The molecule has 0 saturated heterocycles. The molecule has 2 nitrogen and oxygen atoms in total. The summed E-state index contributed by atoms with van der Waals surface area (Å²) in [6.45, 7) is 0. The molecule has 13 rings (SSSR count). The molecule has 276 valence electrons. The predicted octanol–water partition coefficient (Wildman–Crippen LogP) is 16.0. The van der Waals surface area contributed by atoms with E-state index in [2.05, 4.69) is 205 Å². The van der Waals surface area contributed by atoms with E-state index >= 15 is 0 Å². The van der Waals surface area contributed by atoms with Crippen LogP contribution in [0, 0.1) is 0 Å². The maximum absolute atomic E-state index is 6.64. The number of thiophene rings is 2. The fourth-order valence-electron chi connectivity index (χ4n) is 10.1. The van der Waals surface area contributed by atoms with Crippen molar-refractivity contribution < 1.29 is 4.74 Å². The lowest BCUT2D eigenvalue weighted by molar-refractivity contribution is 0.436. The molecule has 1 aliphatic heterocycles. The zero-order chi connectivity index (χ0) is 38.7. The van der Waals surface area contributed by atoms with Gasteiger partial charge in [0.15, 0.2) is 0 Å². The van der Waals surface area contributed by atoms with Crippen molar-refractivity contribution in [3.05, 3.63) is 222 Å². The molecule has 0 amide bonds. The maximum Gasteiger partial charge on any atom is 0.132 e. The highest BCUT2D eigenvalue weighted by molar-refractivity contribution is 7.26. The van der Waals surface area contributed by atoms with Crippen LogP contribution in [0.5, 0.6) is 11.5 Å². The zero-order valence-corrected chi connectivity index (χ0v) is 33.4. The third kappa shape index (κ3) is 4.61. The van der Waals surface area contributed by atoms with Crippen LogP contribution in [-0.4, -0.2) is 0 Å². The normalized spacial score (nSPS) is 13.4. The first-order valence-corrected chi connectivity index (χ1v) is 21.7. The fraction of sp³-hybridized carbons (Fsp3) is 0.0182. The van der Waals surface area contributed by atoms with Crippen LogP contribution >= 0.6 is 22.7 Å². The minimum atomic E-state index is -0.509. The molecular weight excluding hydrogens is 755 g/mol. The molecule has 0 saturated carbocycles. The van der Waals surface area contributed by atoms with Gasteiger partial charge in [-0.25, -0.2) is 0 Å². The van der Waals surface area contributed by atoms with Gasteiger partial charge in [-0.1, -0.05) is 140 Å². The van der Waals surface area contributed by atoms with Gasteiger partial charge in [-0.15, -0.1) is 22.7 Å². The standard InChI is InChI=1S/C55H33NOS2/c1-2-15-34(16-3-1)36-17-5-10-23-46(36)56(35-29-30-39-38-19-6-13-27-50(38)58-52(39)31-35)47-24-14-28-51-54(47)41-32-40-37-18-4-7-20-42(37)55(45(40)33-53(41)59-51)43-21-8-11-25-48(43)57-49-26-12-9-22-44(49)55/h1-33H. The van der Waals surface area contributed by atoms with Gasteiger partial charge < -0.3 is 9.64 Å². The summed E-state index contributed by atoms with van der Waals surface area (Å²) < 4.78 is 11.8. The Morgan fingerprint density at radius 3 is 1.81 bits per heavy atom. The largest absolute Gasteiger partial charge is 0.457 e. The number of fused-ring (bicyclic) bond motifs is 15. The molecule has 0 radical (unpaired) electrons. The van der Waals surface area contributed by atoms with Crippen LogP contribution in [0.15, 0.2) is 200 Å². The van der Waals surface area contributed by atoms with E-state index in [0.29, 0.717) is 0 Å². The molecule has 2 aliphatic rings. The van der Waals surface area contributed by atoms with Crippen molar-refractivity contribution in [2.24, 2.45) is 0 Å². The summed E-state index contributed by atoms with van der Waals surface area (Å²) in [7, 11) is 0. The van der Waals surface area contributed by atoms with Gasteiger partial charge in [-0.3, -0.25) is 0 Å². The van der Waals surface area contributed by atoms with Gasteiger partial charge in [0, 0.05) is 62.7 Å². The second kappa shape index (κ2) is 12.5. The first-order valence-electron chi connectivity index (χ1n) is 20.1. The summed E-state index contributed by atoms with van der Waals surface area (Å²) in [6.07, 6.45) is 0. The first-order chi connectivity index (χ1) is 29.3. The number of para-hydroxylation sites is 3. The molecule has 1 spiro atoms. The average molecular weight is 788 g/mol. The van der Waals surface area contributed by atoms with Crippen LogP contribution in [0.3, 0.4) is 0 Å². The molecule has 11 aromatic rings. The van der Waals surface area contributed by atoms with Crippen LogP contribution in [0.1, 0.15) is 22.3 Å². The Morgan fingerprint density at radius 2 is 0.983 bits per heavy atom. The molecule has 4 heteroatoms. The van der Waals surface area contributed by atoms with Crippen molar-refractivity contribution in [1.82, 2.24) is 0 Å². The summed E-state index contributed by atoms with van der Waals surface area (Å²) in [4.78, 5) is 2.51. The third-order valence-electron chi connectivity index (χ3n) is 12.5. The van der Waals surface area contributed by atoms with E-state index in [0.717, 1.165) is 22.9 Å². The summed E-state index contributed by atoms with van der Waals surface area (Å²) >= 11 is 3.75. The third-order valence-corrected chi connectivity index (χ3v) is 14.8. The molecular formula is C55H33NOS2. The van der Waals surface area contributed by atoms with Gasteiger partial charge in [-0.2, -0.15) is 0 Å². The van der Waals surface area contributed by atoms with Crippen molar-refractivity contribution in [1.29, 1.82) is 0 Å². The second-order valence-corrected chi connectivity index (χ2v) is 17.7. The smallest absolute Gasteiger partial charge is 0.132 e. The Bertz CT molecular complexity index is 3460. The number of hydrogen-bond donors (Lipinski definition) is 0. The number of nitrogens with zero attached hydrogens (tertiary/aromatic N) is 1. The summed E-state index contributed by atoms with van der Waals surface area (Å²) in [6, 6.07) is 73.6. The van der Waals surface area contributed by atoms with Crippen molar-refractivity contribution >= 4 is 80.1 Å². The Kier molecular flexibility index (Phi) is 7.00. The van der Waals surface area contributed by atoms with Gasteiger partial charge in [-0.05, 0) is 88.5 Å². The molecule has 1 aliphatic carbocycles. The number of benzene rings is 9. The van der Waals surface area contributed by atoms with Crippen LogP contribution in [0.4, 0.5) is 17.1 Å². The lowest BCUT2D eigenvalue weighted by atomic mass is 9.66. The molecule has 0 bridgehead atoms. The topological polar surface area (TPSA) is 12.5 Å². The van der Waals surface area contributed by atoms with E-state index in [1.807, 2.05) is 22.7 Å². The molecule has 3 heterocycles. The quantitative estimate of drug-likeness (QED) is 0.176. The average Bonchev–Trinajstić information content (AvgIpc) is 3.94. The van der Waals surface area contributed by atoms with E-state index < -0.39 is 5.41 Å². The first kappa shape index (κ1) is 33.0. The Hall–Kier alpha value is -6.98. The second-order valence-electron chi connectivity index (χ2n) is 15.5. The summed E-state index contributed by atoms with van der Waals surface area (Å²) in [5, 5.41) is 5.14. The predicted molar refractivity (Wildman–Crippen MR) is 250 cm³/mol. The van der Waals surface area contributed by atoms with Crippen LogP contribution < -0.4 is 9.64 Å². The number of hydrogen-bond acceptors (Lipinski definition) is 4. The van der Waals surface area contributed by atoms with E-state index in [-0.39, 0.29) is 0 Å². The minimum absolute atomic E-state index is 0.509. The summed E-state index contributed by atoms with van der Waals surface area (Å²) in [5.41, 5.74) is 12.9. The number of anilines is 3. The minimum Gasteiger partial charge on any atom is -0.457 e. The van der Waals surface area contributed by atoms with Gasteiger partial charge >= 0.3 is 0 Å². The van der Waals surface area contributed by atoms with E-state index in [4.69, 9.17) is 4.74 Å². The van der Waals surface area contributed by atoms with Crippen LogP contribution in [0.25, 0.3) is 62.6 Å². The van der Waals surface area contributed by atoms with Crippen LogP contribution in [-0.2, 0) is 5.41 Å². The molecule has 2 aromatic heterocycles. The van der Waals surface area contributed by atoms with Crippen molar-refractivity contribution in [3.8, 4) is 33.8 Å². The van der Waals surface area contributed by atoms with Crippen molar-refractivity contribution in [3.63, 3.8) is 0 Å². The van der Waals surface area contributed by atoms with Gasteiger partial charge in [0.1, 0.15) is 11.5 Å². The fourth-order valence-corrected chi connectivity index (χ4v) is 12.4. The lowest BCUT2D eigenvalue weighted by Crippen LogP contribution is -2.32. The monoisotopic (exact) mass is 787 g/mol. The summed E-state index contributed by atoms with van der Waals surface area (Å²) in [5.74, 6) is 1.83. The van der Waals surface area contributed by atoms with E-state index in [1.165, 1.54) is 90.5 Å². The van der Waals surface area contributed by atoms with Gasteiger partial charge in [0.2, 0.25) is 0 Å². The van der Waals surface area contributed by atoms with Gasteiger partial charge in [0.05, 0.1) is 16.8 Å². The Morgan fingerprint density at radius 1 is 0.373 bits per heavy atom. The van der Waals surface area contributed by atoms with Crippen molar-refractivity contribution in [2.45, 2.75) is 5.41 Å². The highest BCUT2D eigenvalue weighted by Gasteiger charge is 2.51. The van der Waals surface area contributed by atoms with E-state index in [9.17, 15) is 0 Å². The molecule has 9 aromatic carbocycles. The van der Waals surface area contributed by atoms with Gasteiger partial charge in [0.25, 0.3) is 0 Å². The maximum atomic E-state index is 6.64. The Balaban J connectivity index is 1.11. The SMILES string of the molecule is c1ccc(-c2ccccc2N(c2ccc3c(c2)sc2ccccc23)c2cccc3sc4cc5c(cc4c23)-c2ccccc2C52c3ccccc3Oc3ccccc32)cc1. The highest BCUT2D eigenvalue weighted by Crippen LogP contribution is 2.63. The molecule has 0 atom stereocenters. The molecule has 0 N–H and O–H groups in total. The number of ether oxygens (including phenoxy) is 1. The highest BCUT2D eigenvalue weighted by atomic mass is 32.1. The molecule has 0 fully saturated rings. The van der Waals surface area contributed by atoms with E-state index in [1.54, 1.807) is 0 Å². The zero-order valence-electron chi connectivity index (χ0n) is 31.7. The van der Waals surface area contributed by atoms with Crippen LogP contribution in [0.2, 0.25) is 0 Å². The number of rotatable bonds is 4. The molecule has 59 heavy (non-hydrogen) atoms. The lowest BCUT2D eigenvalue weighted by Gasteiger charge is -2.39. The van der Waals surface area contributed by atoms with Crippen molar-refractivity contribution in [2.75, 3.05) is 4.90 Å². The molecule has 0 unspecified atom stereocenters.